The van der Waals surface area contributed by atoms with Gasteiger partial charge in [-0.05, 0) is 26.7 Å². The summed E-state index contributed by atoms with van der Waals surface area (Å²) in [5.74, 6) is 1.47. The number of rotatable bonds is 7. The summed E-state index contributed by atoms with van der Waals surface area (Å²) in [6, 6.07) is 0.421. The van der Waals surface area contributed by atoms with Gasteiger partial charge in [0.1, 0.15) is 0 Å². The highest BCUT2D eigenvalue weighted by molar-refractivity contribution is 5.80. The molecule has 0 radical (unpaired) electrons. The van der Waals surface area contributed by atoms with Gasteiger partial charge in [0.05, 0.1) is 13.2 Å². The van der Waals surface area contributed by atoms with Gasteiger partial charge in [0.25, 0.3) is 0 Å². The van der Waals surface area contributed by atoms with E-state index in [9.17, 15) is 0 Å². The van der Waals surface area contributed by atoms with Crippen LogP contribution >= 0.6 is 0 Å². The molecule has 2 N–H and O–H groups in total. The zero-order valence-corrected chi connectivity index (χ0v) is 11.3. The molecule has 0 rings (SSSR count). The fourth-order valence-corrected chi connectivity index (χ4v) is 1.07. The number of nitrogens with one attached hydrogen (secondary N) is 2. The van der Waals surface area contributed by atoms with Crippen LogP contribution in [0.15, 0.2) is 4.99 Å². The maximum Gasteiger partial charge on any atom is 0.191 e. The highest BCUT2D eigenvalue weighted by Gasteiger charge is 2.08. The molecule has 0 aromatic heterocycles. The van der Waals surface area contributed by atoms with Crippen LogP contribution < -0.4 is 10.6 Å². The minimum absolute atomic E-state index is 0.421. The Bertz CT molecular complexity index is 193. The molecule has 4 heteroatoms. The summed E-state index contributed by atoms with van der Waals surface area (Å²) in [4.78, 5) is 4.44. The third kappa shape index (κ3) is 7.51. The Hall–Kier alpha value is -0.770. The second kappa shape index (κ2) is 9.46. The van der Waals surface area contributed by atoms with Crippen molar-refractivity contribution in [3.05, 3.63) is 0 Å². The fourth-order valence-electron chi connectivity index (χ4n) is 1.07. The van der Waals surface area contributed by atoms with Crippen LogP contribution in [-0.4, -0.2) is 38.3 Å². The molecule has 4 nitrogen and oxygen atoms in total. The number of ether oxygens (including phenoxy) is 1. The van der Waals surface area contributed by atoms with Crippen molar-refractivity contribution in [2.24, 2.45) is 10.9 Å². The van der Waals surface area contributed by atoms with Crippen LogP contribution in [-0.2, 0) is 4.74 Å². The van der Waals surface area contributed by atoms with Gasteiger partial charge in [-0.2, -0.15) is 0 Å². The zero-order chi connectivity index (χ0) is 12.4. The van der Waals surface area contributed by atoms with Gasteiger partial charge >= 0.3 is 0 Å². The standard InChI is InChI=1S/C12H27N3O/c1-6-13-12(14-8-9-16-7-2)15-11(5)10(3)4/h10-11H,6-9H2,1-5H3,(H2,13,14,15). The highest BCUT2D eigenvalue weighted by atomic mass is 16.5. The zero-order valence-electron chi connectivity index (χ0n) is 11.3. The lowest BCUT2D eigenvalue weighted by Gasteiger charge is -2.20. The minimum Gasteiger partial charge on any atom is -0.380 e. The fraction of sp³-hybridized carbons (Fsp3) is 0.917. The Morgan fingerprint density at radius 3 is 2.44 bits per heavy atom. The summed E-state index contributed by atoms with van der Waals surface area (Å²) in [6.07, 6.45) is 0. The third-order valence-electron chi connectivity index (χ3n) is 2.42. The lowest BCUT2D eigenvalue weighted by atomic mass is 10.1. The molecule has 96 valence electrons. The summed E-state index contributed by atoms with van der Waals surface area (Å²) in [5.41, 5.74) is 0. The SMILES string of the molecule is CCNC(=NCCOCC)NC(C)C(C)C. The first-order valence-electron chi connectivity index (χ1n) is 6.24. The minimum atomic E-state index is 0.421. The van der Waals surface area contributed by atoms with Gasteiger partial charge in [-0.1, -0.05) is 13.8 Å². The van der Waals surface area contributed by atoms with E-state index in [4.69, 9.17) is 4.74 Å². The molecule has 0 aromatic carbocycles. The lowest BCUT2D eigenvalue weighted by molar-refractivity contribution is 0.155. The smallest absolute Gasteiger partial charge is 0.191 e. The molecule has 0 aliphatic heterocycles. The van der Waals surface area contributed by atoms with Gasteiger partial charge in [0, 0.05) is 19.2 Å². The van der Waals surface area contributed by atoms with E-state index in [0.29, 0.717) is 25.1 Å². The third-order valence-corrected chi connectivity index (χ3v) is 2.42. The first-order valence-corrected chi connectivity index (χ1v) is 6.24. The van der Waals surface area contributed by atoms with Crippen LogP contribution in [0.5, 0.6) is 0 Å². The van der Waals surface area contributed by atoms with E-state index >= 15 is 0 Å². The van der Waals surface area contributed by atoms with E-state index in [2.05, 4.69) is 43.3 Å². The average molecular weight is 229 g/mol. The van der Waals surface area contributed by atoms with Crippen molar-refractivity contribution in [3.8, 4) is 0 Å². The Labute approximate surface area is 99.9 Å². The molecule has 0 saturated heterocycles. The molecule has 0 heterocycles. The number of guanidine groups is 1. The van der Waals surface area contributed by atoms with Gasteiger partial charge in [0.15, 0.2) is 5.96 Å². The number of nitrogens with zero attached hydrogens (tertiary/aromatic N) is 1. The Kier molecular flexibility index (Phi) is 9.00. The summed E-state index contributed by atoms with van der Waals surface area (Å²) in [6.45, 7) is 13.6. The monoisotopic (exact) mass is 229 g/mol. The molecular formula is C12H27N3O. The van der Waals surface area contributed by atoms with Crippen molar-refractivity contribution < 1.29 is 4.74 Å². The Morgan fingerprint density at radius 2 is 1.94 bits per heavy atom. The maximum atomic E-state index is 5.25. The first kappa shape index (κ1) is 15.2. The molecule has 1 unspecified atom stereocenters. The van der Waals surface area contributed by atoms with E-state index in [1.807, 2.05) is 6.92 Å². The van der Waals surface area contributed by atoms with Crippen molar-refractivity contribution in [3.63, 3.8) is 0 Å². The van der Waals surface area contributed by atoms with Gasteiger partial charge in [0.2, 0.25) is 0 Å². The number of aliphatic imine (C=N–C) groups is 1. The summed E-state index contributed by atoms with van der Waals surface area (Å²) in [7, 11) is 0. The molecular weight excluding hydrogens is 202 g/mol. The topological polar surface area (TPSA) is 45.7 Å². The second-order valence-electron chi connectivity index (χ2n) is 4.13. The molecule has 0 aromatic rings. The van der Waals surface area contributed by atoms with Crippen molar-refractivity contribution >= 4 is 5.96 Å². The lowest BCUT2D eigenvalue weighted by Crippen LogP contribution is -2.44. The van der Waals surface area contributed by atoms with Crippen LogP contribution in [0.3, 0.4) is 0 Å². The molecule has 1 atom stereocenters. The summed E-state index contributed by atoms with van der Waals surface area (Å²) >= 11 is 0. The average Bonchev–Trinajstić information content (AvgIpc) is 2.24. The van der Waals surface area contributed by atoms with E-state index < -0.39 is 0 Å². The number of hydrogen-bond acceptors (Lipinski definition) is 2. The highest BCUT2D eigenvalue weighted by Crippen LogP contribution is 1.99. The maximum absolute atomic E-state index is 5.25. The largest absolute Gasteiger partial charge is 0.380 e. The Balaban J connectivity index is 4.04. The Morgan fingerprint density at radius 1 is 1.25 bits per heavy atom. The molecule has 16 heavy (non-hydrogen) atoms. The molecule has 0 saturated carbocycles. The van der Waals surface area contributed by atoms with Gasteiger partial charge < -0.3 is 15.4 Å². The van der Waals surface area contributed by atoms with Gasteiger partial charge in [-0.3, -0.25) is 4.99 Å². The van der Waals surface area contributed by atoms with Gasteiger partial charge in [-0.25, -0.2) is 0 Å². The van der Waals surface area contributed by atoms with Crippen molar-refractivity contribution in [1.29, 1.82) is 0 Å². The van der Waals surface area contributed by atoms with Crippen LogP contribution in [0.2, 0.25) is 0 Å². The normalized spacial score (nSPS) is 14.0. The van der Waals surface area contributed by atoms with E-state index in [1.54, 1.807) is 0 Å². The molecule has 0 aliphatic rings. The summed E-state index contributed by atoms with van der Waals surface area (Å²) in [5, 5.41) is 6.61. The molecule has 0 amide bonds. The number of hydrogen-bond donors (Lipinski definition) is 2. The molecule has 0 spiro atoms. The van der Waals surface area contributed by atoms with Crippen molar-refractivity contribution in [2.75, 3.05) is 26.3 Å². The van der Waals surface area contributed by atoms with Crippen LogP contribution in [0.4, 0.5) is 0 Å². The van der Waals surface area contributed by atoms with Crippen LogP contribution in [0, 0.1) is 5.92 Å². The van der Waals surface area contributed by atoms with Crippen molar-refractivity contribution in [1.82, 2.24) is 10.6 Å². The quantitative estimate of drug-likeness (QED) is 0.396. The van der Waals surface area contributed by atoms with E-state index in [1.165, 1.54) is 0 Å². The first-order chi connectivity index (χ1) is 7.61. The predicted molar refractivity (Wildman–Crippen MR) is 69.9 cm³/mol. The summed E-state index contributed by atoms with van der Waals surface area (Å²) < 4.78 is 5.25. The van der Waals surface area contributed by atoms with E-state index in [0.717, 1.165) is 19.1 Å². The molecule has 0 bridgehead atoms. The van der Waals surface area contributed by atoms with Crippen LogP contribution in [0.25, 0.3) is 0 Å². The predicted octanol–water partition coefficient (Wildman–Crippen LogP) is 1.62. The van der Waals surface area contributed by atoms with Crippen molar-refractivity contribution in [2.45, 2.75) is 40.7 Å². The van der Waals surface area contributed by atoms with Crippen LogP contribution in [0.1, 0.15) is 34.6 Å². The van der Waals surface area contributed by atoms with Gasteiger partial charge in [-0.15, -0.1) is 0 Å². The van der Waals surface area contributed by atoms with E-state index in [-0.39, 0.29) is 0 Å². The second-order valence-corrected chi connectivity index (χ2v) is 4.13. The molecule has 0 fully saturated rings. The molecule has 0 aliphatic carbocycles.